The van der Waals surface area contributed by atoms with Crippen LogP contribution in [0, 0.1) is 6.92 Å². The van der Waals surface area contributed by atoms with Gasteiger partial charge in [-0.25, -0.2) is 0 Å². The number of hydrogen-bond acceptors (Lipinski definition) is 4. The van der Waals surface area contributed by atoms with E-state index in [1.165, 1.54) is 11.8 Å². The Kier molecular flexibility index (Phi) is 5.53. The van der Waals surface area contributed by atoms with E-state index in [0.29, 0.717) is 41.2 Å². The lowest BCUT2D eigenvalue weighted by atomic mass is 10.2. The minimum absolute atomic E-state index is 0.0192. The topological polar surface area (TPSA) is 47.6 Å². The molecule has 1 amide bonds. The lowest BCUT2D eigenvalue weighted by Gasteiger charge is -2.20. The Bertz CT molecular complexity index is 751. The van der Waals surface area contributed by atoms with E-state index in [2.05, 4.69) is 5.32 Å². The van der Waals surface area contributed by atoms with Gasteiger partial charge in [-0.05, 0) is 42.3 Å². The summed E-state index contributed by atoms with van der Waals surface area (Å²) < 4.78 is 11.1. The minimum atomic E-state index is -0.0192. The van der Waals surface area contributed by atoms with Gasteiger partial charge < -0.3 is 14.8 Å². The molecule has 24 heavy (non-hydrogen) atoms. The molecule has 0 saturated carbocycles. The third-order valence-corrected chi connectivity index (χ3v) is 4.74. The quantitative estimate of drug-likeness (QED) is 0.860. The van der Waals surface area contributed by atoms with Crippen LogP contribution in [0.2, 0.25) is 5.02 Å². The summed E-state index contributed by atoms with van der Waals surface area (Å²) in [6.45, 7) is 3.04. The van der Waals surface area contributed by atoms with Crippen molar-refractivity contribution in [1.29, 1.82) is 0 Å². The van der Waals surface area contributed by atoms with E-state index >= 15 is 0 Å². The molecule has 0 fully saturated rings. The smallest absolute Gasteiger partial charge is 0.234 e. The second kappa shape index (κ2) is 7.81. The van der Waals surface area contributed by atoms with E-state index in [9.17, 15) is 4.79 Å². The molecule has 6 heteroatoms. The lowest BCUT2D eigenvalue weighted by Crippen LogP contribution is -2.16. The van der Waals surface area contributed by atoms with Crippen molar-refractivity contribution in [2.75, 3.05) is 24.3 Å². The molecule has 1 aliphatic heterocycles. The predicted molar refractivity (Wildman–Crippen MR) is 98.4 cm³/mol. The van der Waals surface area contributed by atoms with E-state index < -0.39 is 0 Å². The highest BCUT2D eigenvalue weighted by Gasteiger charge is 2.16. The van der Waals surface area contributed by atoms with Gasteiger partial charge in [0.1, 0.15) is 13.2 Å². The normalized spacial score (nSPS) is 12.8. The first-order chi connectivity index (χ1) is 11.6. The maximum atomic E-state index is 12.0. The van der Waals surface area contributed by atoms with Gasteiger partial charge in [0.15, 0.2) is 11.5 Å². The Balaban J connectivity index is 1.53. The van der Waals surface area contributed by atoms with Gasteiger partial charge >= 0.3 is 0 Å². The van der Waals surface area contributed by atoms with Crippen molar-refractivity contribution in [2.24, 2.45) is 0 Å². The van der Waals surface area contributed by atoms with E-state index in [1.54, 1.807) is 0 Å². The summed E-state index contributed by atoms with van der Waals surface area (Å²) in [5.41, 5.74) is 2.95. The van der Waals surface area contributed by atoms with Gasteiger partial charge in [-0.2, -0.15) is 0 Å². The number of amides is 1. The summed E-state index contributed by atoms with van der Waals surface area (Å²) in [6.07, 6.45) is 0. The molecule has 0 unspecified atom stereocenters. The summed E-state index contributed by atoms with van der Waals surface area (Å²) in [5.74, 6) is 2.31. The second-order valence-electron chi connectivity index (χ2n) is 5.51. The number of rotatable bonds is 5. The number of ether oxygens (including phenoxy) is 2. The minimum Gasteiger partial charge on any atom is -0.486 e. The van der Waals surface area contributed by atoms with Gasteiger partial charge in [-0.15, -0.1) is 11.8 Å². The summed E-state index contributed by atoms with van der Waals surface area (Å²) >= 11 is 7.75. The summed E-state index contributed by atoms with van der Waals surface area (Å²) in [4.78, 5) is 12.0. The van der Waals surface area contributed by atoms with Crippen molar-refractivity contribution in [3.8, 4) is 11.5 Å². The fourth-order valence-electron chi connectivity index (χ4n) is 2.43. The molecule has 0 aromatic heterocycles. The van der Waals surface area contributed by atoms with Crippen LogP contribution in [0.25, 0.3) is 0 Å². The number of thioether (sulfide) groups is 1. The molecule has 3 rings (SSSR count). The van der Waals surface area contributed by atoms with Crippen LogP contribution < -0.4 is 14.8 Å². The number of anilines is 1. The lowest BCUT2D eigenvalue weighted by molar-refractivity contribution is -0.113. The number of carbonyl (C=O) groups is 1. The maximum absolute atomic E-state index is 12.0. The molecule has 1 aliphatic rings. The Morgan fingerprint density at radius 1 is 1.25 bits per heavy atom. The number of aryl methyl sites for hydroxylation is 1. The van der Waals surface area contributed by atoms with Gasteiger partial charge in [0.2, 0.25) is 5.91 Å². The van der Waals surface area contributed by atoms with Crippen LogP contribution >= 0.6 is 23.4 Å². The Hall–Kier alpha value is -1.85. The Morgan fingerprint density at radius 2 is 2.08 bits per heavy atom. The van der Waals surface area contributed by atoms with E-state index in [0.717, 1.165) is 16.8 Å². The molecule has 2 aromatic rings. The zero-order valence-electron chi connectivity index (χ0n) is 13.3. The van der Waals surface area contributed by atoms with Crippen molar-refractivity contribution < 1.29 is 14.3 Å². The standard InChI is InChI=1S/C18H18ClNO3S/c1-12-3-2-4-14(7-12)20-17(21)11-24-10-13-8-15(19)18-16(9-13)22-5-6-23-18/h2-4,7-9H,5-6,10-11H2,1H3,(H,20,21). The van der Waals surface area contributed by atoms with Crippen molar-refractivity contribution in [3.63, 3.8) is 0 Å². The molecule has 0 aliphatic carbocycles. The summed E-state index contributed by atoms with van der Waals surface area (Å²) in [7, 11) is 0. The average molecular weight is 364 g/mol. The number of hydrogen-bond donors (Lipinski definition) is 1. The highest BCUT2D eigenvalue weighted by Crippen LogP contribution is 2.39. The molecule has 0 atom stereocenters. The zero-order valence-corrected chi connectivity index (χ0v) is 14.9. The van der Waals surface area contributed by atoms with Gasteiger partial charge in [-0.1, -0.05) is 23.7 Å². The van der Waals surface area contributed by atoms with Gasteiger partial charge in [0.25, 0.3) is 0 Å². The van der Waals surface area contributed by atoms with E-state index in [-0.39, 0.29) is 5.91 Å². The Morgan fingerprint density at radius 3 is 2.92 bits per heavy atom. The van der Waals surface area contributed by atoms with Gasteiger partial charge in [-0.3, -0.25) is 4.79 Å². The number of benzene rings is 2. The van der Waals surface area contributed by atoms with E-state index in [1.807, 2.05) is 43.3 Å². The fraction of sp³-hybridized carbons (Fsp3) is 0.278. The van der Waals surface area contributed by atoms with Crippen LogP contribution in [0.4, 0.5) is 5.69 Å². The first-order valence-corrected chi connectivity index (χ1v) is 9.17. The molecule has 0 saturated heterocycles. The first-order valence-electron chi connectivity index (χ1n) is 7.64. The highest BCUT2D eigenvalue weighted by molar-refractivity contribution is 7.99. The van der Waals surface area contributed by atoms with E-state index in [4.69, 9.17) is 21.1 Å². The largest absolute Gasteiger partial charge is 0.486 e. The van der Waals surface area contributed by atoms with Crippen LogP contribution in [-0.2, 0) is 10.5 Å². The number of fused-ring (bicyclic) bond motifs is 1. The van der Waals surface area contributed by atoms with Gasteiger partial charge in [0.05, 0.1) is 10.8 Å². The number of halogens is 1. The highest BCUT2D eigenvalue weighted by atomic mass is 35.5. The predicted octanol–water partition coefficient (Wildman–Crippen LogP) is 4.29. The molecule has 4 nitrogen and oxygen atoms in total. The average Bonchev–Trinajstić information content (AvgIpc) is 2.55. The SMILES string of the molecule is Cc1cccc(NC(=O)CSCc2cc(Cl)c3c(c2)OCCO3)c1. The molecular weight excluding hydrogens is 346 g/mol. The third-order valence-electron chi connectivity index (χ3n) is 3.46. The molecule has 0 bridgehead atoms. The monoisotopic (exact) mass is 363 g/mol. The van der Waals surface area contributed by atoms with Crippen molar-refractivity contribution in [1.82, 2.24) is 0 Å². The van der Waals surface area contributed by atoms with Crippen LogP contribution in [0.3, 0.4) is 0 Å². The Labute approximate surface area is 150 Å². The third kappa shape index (κ3) is 4.36. The van der Waals surface area contributed by atoms with Crippen LogP contribution in [-0.4, -0.2) is 24.9 Å². The molecule has 0 spiro atoms. The molecule has 1 heterocycles. The van der Waals surface area contributed by atoms with Crippen molar-refractivity contribution in [2.45, 2.75) is 12.7 Å². The van der Waals surface area contributed by atoms with Crippen LogP contribution in [0.15, 0.2) is 36.4 Å². The van der Waals surface area contributed by atoms with Crippen molar-refractivity contribution in [3.05, 3.63) is 52.5 Å². The van der Waals surface area contributed by atoms with Crippen LogP contribution in [0.5, 0.6) is 11.5 Å². The van der Waals surface area contributed by atoms with Crippen molar-refractivity contribution >= 4 is 35.0 Å². The molecule has 0 radical (unpaired) electrons. The van der Waals surface area contributed by atoms with Gasteiger partial charge in [0, 0.05) is 11.4 Å². The fourth-order valence-corrected chi connectivity index (χ4v) is 3.48. The first kappa shape index (κ1) is 17.0. The van der Waals surface area contributed by atoms with Crippen LogP contribution in [0.1, 0.15) is 11.1 Å². The number of carbonyl (C=O) groups excluding carboxylic acids is 1. The molecule has 126 valence electrons. The molecule has 2 aromatic carbocycles. The zero-order chi connectivity index (χ0) is 16.9. The molecule has 1 N–H and O–H groups in total. The molecular formula is C18H18ClNO3S. The second-order valence-corrected chi connectivity index (χ2v) is 6.91. The number of nitrogens with one attached hydrogen (secondary N) is 1. The summed E-state index contributed by atoms with van der Waals surface area (Å²) in [6, 6.07) is 11.5. The maximum Gasteiger partial charge on any atom is 0.234 e. The summed E-state index contributed by atoms with van der Waals surface area (Å²) in [5, 5.41) is 3.45.